The Kier molecular flexibility index (Phi) is 25.3. The van der Waals surface area contributed by atoms with Crippen LogP contribution in [0.4, 0.5) is 28.9 Å². The molecule has 80 heavy (non-hydrogen) atoms. The molecule has 4 aromatic carbocycles. The van der Waals surface area contributed by atoms with Gasteiger partial charge in [0.25, 0.3) is 11.8 Å². The first kappa shape index (κ1) is 64.3. The number of benzene rings is 4. The average Bonchev–Trinajstić information content (AvgIpc) is 4.39. The van der Waals surface area contributed by atoms with Crippen molar-refractivity contribution < 1.29 is 55.9 Å². The van der Waals surface area contributed by atoms with E-state index >= 15 is 0 Å². The highest BCUT2D eigenvalue weighted by molar-refractivity contribution is 6.45. The number of anilines is 2. The van der Waals surface area contributed by atoms with Gasteiger partial charge in [0.15, 0.2) is 0 Å². The van der Waals surface area contributed by atoms with Crippen molar-refractivity contribution in [2.45, 2.75) is 59.2 Å². The number of carbonyl (C=O) groups is 2. The second-order valence-corrected chi connectivity index (χ2v) is 20.6. The van der Waals surface area contributed by atoms with Crippen LogP contribution < -0.4 is 20.1 Å². The molecule has 4 aliphatic rings. The van der Waals surface area contributed by atoms with Crippen molar-refractivity contribution in [1.29, 1.82) is 10.8 Å². The van der Waals surface area contributed by atoms with Gasteiger partial charge in [-0.05, 0) is 118 Å². The van der Waals surface area contributed by atoms with Gasteiger partial charge in [0.1, 0.15) is 45.5 Å². The van der Waals surface area contributed by atoms with E-state index in [0.29, 0.717) is 64.4 Å². The zero-order chi connectivity index (χ0) is 57.0. The molecule has 0 atom stereocenters. The summed E-state index contributed by atoms with van der Waals surface area (Å²) in [6.45, 7) is 8.63. The van der Waals surface area contributed by atoms with Gasteiger partial charge in [0, 0.05) is 114 Å². The molecule has 0 bridgehead atoms. The molecular weight excluding hydrogens is 1060 g/mol. The molecule has 2 saturated carbocycles. The summed E-state index contributed by atoms with van der Waals surface area (Å²) in [5, 5.41) is 29.4. The van der Waals surface area contributed by atoms with E-state index in [9.17, 15) is 27.2 Å². The van der Waals surface area contributed by atoms with Crippen molar-refractivity contribution in [2.75, 3.05) is 118 Å². The molecule has 21 heteroatoms. The van der Waals surface area contributed by atoms with Gasteiger partial charge in [0.2, 0.25) is 5.76 Å². The van der Waals surface area contributed by atoms with E-state index in [4.69, 9.17) is 51.2 Å². The lowest BCUT2D eigenvalue weighted by atomic mass is 10.0. The minimum atomic E-state index is -0.799. The van der Waals surface area contributed by atoms with Crippen molar-refractivity contribution in [3.63, 3.8) is 0 Å². The molecule has 2 aliphatic heterocycles. The fourth-order valence-electron chi connectivity index (χ4n) is 8.62. The Labute approximate surface area is 472 Å². The number of hydrogen-bond donors (Lipinski definition) is 5. The molecule has 0 spiro atoms. The topological polar surface area (TPSA) is 185 Å². The maximum absolute atomic E-state index is 13.7. The number of nitrogens with zero attached hydrogens (tertiary/aromatic N) is 4. The zero-order valence-electron chi connectivity index (χ0n) is 45.4. The Morgan fingerprint density at radius 3 is 1.38 bits per heavy atom. The molecule has 4 fully saturated rings. The van der Waals surface area contributed by atoms with E-state index in [1.165, 1.54) is 0 Å². The van der Waals surface area contributed by atoms with Gasteiger partial charge in [0.05, 0.1) is 39.7 Å². The van der Waals surface area contributed by atoms with Crippen LogP contribution in [0.2, 0.25) is 0 Å². The third-order valence-corrected chi connectivity index (χ3v) is 14.6. The van der Waals surface area contributed by atoms with Crippen LogP contribution in [-0.2, 0) is 37.0 Å². The zero-order valence-corrected chi connectivity index (χ0v) is 46.1. The highest BCUT2D eigenvalue weighted by Crippen LogP contribution is 2.50. The number of rotatable bonds is 24. The number of piperazine rings is 2. The van der Waals surface area contributed by atoms with Crippen LogP contribution >= 0.6 is 11.6 Å². The predicted octanol–water partition coefficient (Wildman–Crippen LogP) is 9.69. The van der Waals surface area contributed by atoms with Gasteiger partial charge < -0.3 is 69.8 Å². The normalized spacial score (nSPS) is 16.8. The molecule has 2 saturated heterocycles. The molecule has 2 heterocycles. The van der Waals surface area contributed by atoms with Crippen LogP contribution in [0.1, 0.15) is 57.1 Å². The van der Waals surface area contributed by atoms with E-state index in [-0.39, 0.29) is 52.7 Å². The Bertz CT molecular complexity index is 2670. The Hall–Kier alpha value is -6.55. The fourth-order valence-corrected chi connectivity index (χ4v) is 8.84. The average molecular weight is 1140 g/mol. The summed E-state index contributed by atoms with van der Waals surface area (Å²) >= 11 is 6.07. The molecule has 0 aromatic heterocycles. The number of carbonyl (C=O) groups excluding carboxylic acids is 2. The first-order valence-corrected chi connectivity index (χ1v) is 26.6. The molecule has 0 unspecified atom stereocenters. The van der Waals surface area contributed by atoms with Gasteiger partial charge in [-0.3, -0.25) is 9.59 Å². The monoisotopic (exact) mass is 1140 g/mol. The lowest BCUT2D eigenvalue weighted by Crippen LogP contribution is -2.45. The van der Waals surface area contributed by atoms with Crippen molar-refractivity contribution in [2.24, 2.45) is 10.8 Å². The second-order valence-electron chi connectivity index (χ2n) is 20.3. The molecule has 436 valence electrons. The summed E-state index contributed by atoms with van der Waals surface area (Å²) in [7, 11) is 7.29. The third-order valence-electron chi connectivity index (χ3n) is 14.2. The largest absolute Gasteiger partial charge is 0.497 e. The molecule has 5 N–H and O–H groups in total. The van der Waals surface area contributed by atoms with E-state index in [1.807, 2.05) is 72.4 Å². The number of ether oxygens (including phenoxy) is 5. The molecule has 2 amide bonds. The minimum Gasteiger partial charge on any atom is -0.497 e. The lowest BCUT2D eigenvalue weighted by molar-refractivity contribution is -0.116. The van der Waals surface area contributed by atoms with Crippen LogP contribution in [0, 0.1) is 44.9 Å². The predicted molar refractivity (Wildman–Crippen MR) is 303 cm³/mol. The Balaban J connectivity index is 0.000000242. The van der Waals surface area contributed by atoms with Crippen LogP contribution in [0.3, 0.4) is 0 Å². The summed E-state index contributed by atoms with van der Waals surface area (Å²) in [4.78, 5) is 33.5. The molecule has 4 aromatic rings. The van der Waals surface area contributed by atoms with Gasteiger partial charge >= 0.3 is 0 Å². The number of aliphatic hydroxyl groups excluding tert-OH is 1. The molecule has 16 nitrogen and oxygen atoms in total. The van der Waals surface area contributed by atoms with Crippen LogP contribution in [0.5, 0.6) is 11.5 Å². The van der Waals surface area contributed by atoms with Gasteiger partial charge in [-0.2, -0.15) is 0 Å². The number of halogens is 5. The van der Waals surface area contributed by atoms with E-state index in [2.05, 4.69) is 20.4 Å². The van der Waals surface area contributed by atoms with Gasteiger partial charge in [-0.25, -0.2) is 17.6 Å². The quantitative estimate of drug-likeness (QED) is 0.0147. The van der Waals surface area contributed by atoms with Crippen molar-refractivity contribution in [1.82, 2.24) is 19.6 Å². The minimum absolute atomic E-state index is 0. The van der Waals surface area contributed by atoms with Crippen LogP contribution in [0.25, 0.3) is 0 Å². The van der Waals surface area contributed by atoms with Crippen molar-refractivity contribution in [3.05, 3.63) is 142 Å². The number of methoxy groups -OCH3 is 2. The summed E-state index contributed by atoms with van der Waals surface area (Å²) in [6, 6.07) is 21.1. The molecule has 8 rings (SSSR count). The third kappa shape index (κ3) is 20.2. The number of nitrogens with one attached hydrogen (secondary N) is 4. The number of likely N-dealkylation sites (N-methyl/N-ethyl adjacent to an activating group) is 2. The summed E-state index contributed by atoms with van der Waals surface area (Å²) in [6.07, 6.45) is 8.05. The van der Waals surface area contributed by atoms with Crippen LogP contribution in [0.15, 0.2) is 107 Å². The van der Waals surface area contributed by atoms with E-state index in [0.717, 1.165) is 137 Å². The van der Waals surface area contributed by atoms with Gasteiger partial charge in [-0.15, -0.1) is 0 Å². The fraction of sp³-hybridized carbons (Fsp3) is 0.458. The molecular formula is C59H77ClF4N8O8. The first-order valence-electron chi connectivity index (χ1n) is 26.2. The summed E-state index contributed by atoms with van der Waals surface area (Å²) in [5.74, 6) is -2.92. The van der Waals surface area contributed by atoms with Crippen molar-refractivity contribution in [3.8, 4) is 11.5 Å². The highest BCUT2D eigenvalue weighted by atomic mass is 35.5. The maximum Gasteiger partial charge on any atom is 0.293 e. The van der Waals surface area contributed by atoms with Crippen molar-refractivity contribution >= 4 is 47.2 Å². The summed E-state index contributed by atoms with van der Waals surface area (Å²) < 4.78 is 81.7. The van der Waals surface area contributed by atoms with E-state index in [1.54, 1.807) is 14.2 Å². The SMILES string of the molecule is C.CN1CCN(/C(C=N)=C(\Cl)C(=O)Nc2cc(F)cc(F)c2)CC1.COc1ccc(COCCC2(CO)CC2)cc1.COc1ccc(COCCC2(CO/C(C(=O)Nc3cc(F)cc(F)c3)=C(/C=N)N3CCN(C)CC3)CC2)cc1. The standard InChI is InChI=1S/C29H36F2N4O4.C15H17ClF2N4O.C14H20O3.CH4/c1-34-10-12-35(13-11-34)26(18-32)27(28(36)33-24-16-22(30)15-23(31)17-24)39-20-29(7-8-29)9-14-38-19-21-3-5-25(37-2)6-4-21;1-21-2-4-22(5-3-21)13(9-19)14(16)15(23)20-12-7-10(17)6-11(18)8-12;1-16-13-4-2-12(3-5-13)10-17-9-8-14(11-15)6-7-14;/h3-6,15-18,32H,7-14,19-20H2,1-2H3,(H,33,36);6-9,19H,2-5H2,1H3,(H,20,23);2-5,15H,6-11H2,1H3;1H4/b27-26-,32-18?;14-13-,19-9?;;. The Morgan fingerprint density at radius 1 is 0.613 bits per heavy atom. The van der Waals surface area contributed by atoms with Gasteiger partial charge in [-0.1, -0.05) is 43.3 Å². The number of aliphatic hydroxyl groups is 1. The number of amides is 2. The lowest BCUT2D eigenvalue weighted by Gasteiger charge is -2.35. The number of allylic oxidation sites excluding steroid dienone is 2. The van der Waals surface area contributed by atoms with E-state index < -0.39 is 35.1 Å². The maximum atomic E-state index is 13.7. The second kappa shape index (κ2) is 31.4. The first-order chi connectivity index (χ1) is 38.0. The molecule has 0 radical (unpaired) electrons. The molecule has 2 aliphatic carbocycles. The van der Waals surface area contributed by atoms with Crippen LogP contribution in [-0.4, -0.2) is 156 Å². The Morgan fingerprint density at radius 2 is 1.00 bits per heavy atom. The highest BCUT2D eigenvalue weighted by Gasteiger charge is 2.44. The smallest absolute Gasteiger partial charge is 0.293 e. The number of hydrogen-bond acceptors (Lipinski definition) is 14. The summed E-state index contributed by atoms with van der Waals surface area (Å²) in [5.41, 5.74) is 2.86.